The number of rotatable bonds is 0. The van der Waals surface area contributed by atoms with Gasteiger partial charge in [-0.1, -0.05) is 64.5 Å². The Kier molecular flexibility index (Phi) is 9.69. The van der Waals surface area contributed by atoms with Crippen LogP contribution in [0.3, 0.4) is 0 Å². The Morgan fingerprint density at radius 2 is 1.24 bits per heavy atom. The second-order valence-corrected chi connectivity index (χ2v) is 3.99. The maximum absolute atomic E-state index is 12.4. The van der Waals surface area contributed by atoms with Crippen molar-refractivity contribution >= 4 is 0 Å². The third-order valence-electron chi connectivity index (χ3n) is 2.64. The molecule has 0 N–H and O–H groups in total. The fraction of sp³-hybridized carbons (Fsp3) is 0.600. The molecular weight excluding hydrogens is 218 g/mol. The molecule has 0 nitrogen and oxygen atoms in total. The van der Waals surface area contributed by atoms with Crippen LogP contribution in [0.1, 0.15) is 57.9 Å². The van der Waals surface area contributed by atoms with Gasteiger partial charge in [-0.25, -0.2) is 8.78 Å². The Balaban J connectivity index is 0.000000278. The molecule has 0 saturated heterocycles. The molecule has 1 aromatic rings. The van der Waals surface area contributed by atoms with Gasteiger partial charge in [0.1, 0.15) is 0 Å². The van der Waals surface area contributed by atoms with Crippen molar-refractivity contribution in [1.29, 1.82) is 0 Å². The topological polar surface area (TPSA) is 0 Å². The van der Waals surface area contributed by atoms with Gasteiger partial charge in [-0.3, -0.25) is 0 Å². The molecule has 0 bridgehead atoms. The van der Waals surface area contributed by atoms with Gasteiger partial charge in [0.2, 0.25) is 0 Å². The lowest BCUT2D eigenvalue weighted by molar-refractivity contribution is 0.503. The van der Waals surface area contributed by atoms with Gasteiger partial charge in [0.15, 0.2) is 11.6 Å². The van der Waals surface area contributed by atoms with E-state index in [1.165, 1.54) is 57.6 Å². The average molecular weight is 242 g/mol. The van der Waals surface area contributed by atoms with Crippen LogP contribution in [0.2, 0.25) is 0 Å². The second kappa shape index (κ2) is 10.2. The van der Waals surface area contributed by atoms with Crippen LogP contribution in [0.15, 0.2) is 18.2 Å². The molecule has 0 unspecified atom stereocenters. The summed E-state index contributed by atoms with van der Waals surface area (Å²) in [5.41, 5.74) is 0.343. The van der Waals surface area contributed by atoms with Crippen molar-refractivity contribution in [3.63, 3.8) is 0 Å². The number of benzene rings is 1. The lowest BCUT2D eigenvalue weighted by atomic mass is 10.0. The molecule has 0 heterocycles. The predicted octanol–water partition coefficient (Wildman–Crippen LogP) is 5.64. The summed E-state index contributed by atoms with van der Waals surface area (Å²) in [6.07, 6.45) is 9.00. The monoisotopic (exact) mass is 242 g/mol. The third kappa shape index (κ3) is 7.09. The molecule has 1 aromatic carbocycles. The molecule has 0 radical (unpaired) electrons. The van der Waals surface area contributed by atoms with Gasteiger partial charge >= 0.3 is 0 Å². The Morgan fingerprint density at radius 1 is 0.824 bits per heavy atom. The minimum atomic E-state index is -0.782. The predicted molar refractivity (Wildman–Crippen MR) is 70.1 cm³/mol. The van der Waals surface area contributed by atoms with Crippen molar-refractivity contribution < 1.29 is 8.78 Å². The lowest BCUT2D eigenvalue weighted by Crippen LogP contribution is -1.85. The number of halogens is 2. The zero-order valence-electron chi connectivity index (χ0n) is 11.2. The number of hydrogen-bond acceptors (Lipinski definition) is 0. The van der Waals surface area contributed by atoms with E-state index < -0.39 is 11.6 Å². The standard InChI is InChI=1S/C7H6F2.C6H12.C2H6/c1-5-3-2-4-6(8)7(5)9;1-2-4-6-5-3-1;1-2/h2-4H,1H3;1-6H2;1-2H3. The van der Waals surface area contributed by atoms with Gasteiger partial charge in [0.05, 0.1) is 0 Å². The van der Waals surface area contributed by atoms with E-state index in [0.29, 0.717) is 5.56 Å². The summed E-state index contributed by atoms with van der Waals surface area (Å²) < 4.78 is 24.6. The van der Waals surface area contributed by atoms with Gasteiger partial charge in [0, 0.05) is 0 Å². The average Bonchev–Trinajstić information content (AvgIpc) is 2.41. The van der Waals surface area contributed by atoms with Crippen LogP contribution >= 0.6 is 0 Å². The first kappa shape index (κ1) is 16.1. The first-order valence-electron chi connectivity index (χ1n) is 6.62. The molecule has 0 spiro atoms. The summed E-state index contributed by atoms with van der Waals surface area (Å²) in [7, 11) is 0. The highest BCUT2D eigenvalue weighted by atomic mass is 19.2. The summed E-state index contributed by atoms with van der Waals surface area (Å²) in [4.78, 5) is 0. The van der Waals surface area contributed by atoms with Gasteiger partial charge in [-0.2, -0.15) is 0 Å². The molecule has 0 atom stereocenters. The summed E-state index contributed by atoms with van der Waals surface area (Å²) >= 11 is 0. The van der Waals surface area contributed by atoms with Crippen LogP contribution in [0.4, 0.5) is 8.78 Å². The van der Waals surface area contributed by atoms with E-state index in [4.69, 9.17) is 0 Å². The summed E-state index contributed by atoms with van der Waals surface area (Å²) in [6, 6.07) is 4.11. The Labute approximate surface area is 104 Å². The largest absolute Gasteiger partial charge is 0.204 e. The molecule has 98 valence electrons. The van der Waals surface area contributed by atoms with Gasteiger partial charge in [-0.15, -0.1) is 0 Å². The molecule has 17 heavy (non-hydrogen) atoms. The molecule has 1 aliphatic rings. The molecule has 0 aliphatic heterocycles. The van der Waals surface area contributed by atoms with Crippen LogP contribution in [0, 0.1) is 18.6 Å². The van der Waals surface area contributed by atoms with Crippen LogP contribution in [0.25, 0.3) is 0 Å². The molecule has 2 rings (SSSR count). The van der Waals surface area contributed by atoms with Gasteiger partial charge in [0.25, 0.3) is 0 Å². The highest BCUT2D eigenvalue weighted by Gasteiger charge is 2.00. The van der Waals surface area contributed by atoms with Crippen molar-refractivity contribution in [1.82, 2.24) is 0 Å². The molecule has 0 aromatic heterocycles. The van der Waals surface area contributed by atoms with Gasteiger partial charge in [-0.05, 0) is 18.6 Å². The van der Waals surface area contributed by atoms with E-state index >= 15 is 0 Å². The lowest BCUT2D eigenvalue weighted by Gasteiger charge is -2.05. The first-order valence-corrected chi connectivity index (χ1v) is 6.62. The summed E-state index contributed by atoms with van der Waals surface area (Å²) in [5.74, 6) is -1.53. The molecule has 1 saturated carbocycles. The zero-order valence-corrected chi connectivity index (χ0v) is 11.2. The van der Waals surface area contributed by atoms with Crippen LogP contribution in [0.5, 0.6) is 0 Å². The van der Waals surface area contributed by atoms with Gasteiger partial charge < -0.3 is 0 Å². The van der Waals surface area contributed by atoms with E-state index in [1.807, 2.05) is 13.8 Å². The highest BCUT2D eigenvalue weighted by Crippen LogP contribution is 2.15. The maximum atomic E-state index is 12.4. The molecule has 0 amide bonds. The van der Waals surface area contributed by atoms with E-state index in [1.54, 1.807) is 0 Å². The fourth-order valence-electron chi connectivity index (χ4n) is 1.67. The number of aryl methyl sites for hydroxylation is 1. The molecule has 2 heteroatoms. The SMILES string of the molecule is C1CCCCC1.CC.Cc1cccc(F)c1F. The smallest absolute Gasteiger partial charge is 0.161 e. The Morgan fingerprint density at radius 3 is 1.53 bits per heavy atom. The Bertz CT molecular complexity index is 259. The number of hydrogen-bond donors (Lipinski definition) is 0. The second-order valence-electron chi connectivity index (χ2n) is 3.99. The van der Waals surface area contributed by atoms with Crippen LogP contribution in [-0.4, -0.2) is 0 Å². The van der Waals surface area contributed by atoms with Crippen molar-refractivity contribution in [2.45, 2.75) is 59.3 Å². The summed E-state index contributed by atoms with van der Waals surface area (Å²) in [5, 5.41) is 0. The quantitative estimate of drug-likeness (QED) is 0.552. The van der Waals surface area contributed by atoms with E-state index in [-0.39, 0.29) is 0 Å². The Hall–Kier alpha value is -0.920. The minimum absolute atomic E-state index is 0.343. The van der Waals surface area contributed by atoms with Crippen molar-refractivity contribution in [3.05, 3.63) is 35.4 Å². The summed E-state index contributed by atoms with van der Waals surface area (Å²) in [6.45, 7) is 5.53. The van der Waals surface area contributed by atoms with E-state index in [2.05, 4.69) is 0 Å². The van der Waals surface area contributed by atoms with Crippen LogP contribution in [-0.2, 0) is 0 Å². The highest BCUT2D eigenvalue weighted by molar-refractivity contribution is 5.16. The fourth-order valence-corrected chi connectivity index (χ4v) is 1.67. The minimum Gasteiger partial charge on any atom is -0.204 e. The third-order valence-corrected chi connectivity index (χ3v) is 2.64. The molecule has 1 fully saturated rings. The molecule has 1 aliphatic carbocycles. The zero-order chi connectivity index (χ0) is 13.1. The van der Waals surface area contributed by atoms with Crippen molar-refractivity contribution in [2.75, 3.05) is 0 Å². The van der Waals surface area contributed by atoms with Crippen molar-refractivity contribution in [2.24, 2.45) is 0 Å². The van der Waals surface area contributed by atoms with E-state index in [0.717, 1.165) is 6.07 Å². The van der Waals surface area contributed by atoms with Crippen molar-refractivity contribution in [3.8, 4) is 0 Å². The normalized spacial score (nSPS) is 13.9. The maximum Gasteiger partial charge on any atom is 0.161 e. The van der Waals surface area contributed by atoms with E-state index in [9.17, 15) is 8.78 Å². The van der Waals surface area contributed by atoms with Crippen LogP contribution < -0.4 is 0 Å². The first-order chi connectivity index (χ1) is 8.22. The molecular formula is C15H24F2.